The van der Waals surface area contributed by atoms with Crippen LogP contribution in [0.4, 0.5) is 0 Å². The highest BCUT2D eigenvalue weighted by Gasteiger charge is 2.14. The van der Waals surface area contributed by atoms with E-state index in [-0.39, 0.29) is 11.5 Å². The fourth-order valence-electron chi connectivity index (χ4n) is 2.06. The van der Waals surface area contributed by atoms with Crippen LogP contribution in [0.25, 0.3) is 0 Å². The molecule has 5 nitrogen and oxygen atoms in total. The van der Waals surface area contributed by atoms with Crippen LogP contribution in [0.1, 0.15) is 29.4 Å². The van der Waals surface area contributed by atoms with Crippen molar-refractivity contribution in [2.45, 2.75) is 26.4 Å². The Morgan fingerprint density at radius 3 is 2.57 bits per heavy atom. The summed E-state index contributed by atoms with van der Waals surface area (Å²) in [6.07, 6.45) is 0.796. The molecule has 2 rings (SSSR count). The van der Waals surface area contributed by atoms with Crippen molar-refractivity contribution >= 4 is 5.91 Å². The zero-order chi connectivity index (χ0) is 15.2. The van der Waals surface area contributed by atoms with E-state index in [0.29, 0.717) is 18.8 Å². The molecule has 0 aliphatic carbocycles. The van der Waals surface area contributed by atoms with Crippen molar-refractivity contribution in [1.29, 1.82) is 0 Å². The molecule has 0 atom stereocenters. The highest BCUT2D eigenvalue weighted by atomic mass is 16.2. The molecule has 1 heterocycles. The molecule has 0 saturated heterocycles. The molecule has 0 N–H and O–H groups in total. The molecule has 0 radical (unpaired) electrons. The van der Waals surface area contributed by atoms with E-state index in [9.17, 15) is 9.59 Å². The number of aryl methyl sites for hydroxylation is 1. The molecular weight excluding hydrogens is 266 g/mol. The number of aromatic nitrogens is 2. The number of hydrogen-bond donors (Lipinski definition) is 0. The van der Waals surface area contributed by atoms with E-state index in [4.69, 9.17) is 0 Å². The van der Waals surface area contributed by atoms with Gasteiger partial charge in [0.1, 0.15) is 5.69 Å². The molecule has 0 saturated carbocycles. The normalized spacial score (nSPS) is 10.4. The van der Waals surface area contributed by atoms with Gasteiger partial charge >= 0.3 is 0 Å². The zero-order valence-corrected chi connectivity index (χ0v) is 12.3. The van der Waals surface area contributed by atoms with Crippen LogP contribution in [-0.4, -0.2) is 27.6 Å². The van der Waals surface area contributed by atoms with Gasteiger partial charge in [0.25, 0.3) is 11.5 Å². The lowest BCUT2D eigenvalue weighted by Gasteiger charge is -2.17. The lowest BCUT2D eigenvalue weighted by Crippen LogP contribution is -2.30. The Morgan fingerprint density at radius 1 is 1.19 bits per heavy atom. The van der Waals surface area contributed by atoms with Gasteiger partial charge in [0.15, 0.2) is 0 Å². The molecule has 0 unspecified atom stereocenters. The van der Waals surface area contributed by atoms with Gasteiger partial charge in [0.05, 0.1) is 0 Å². The minimum atomic E-state index is -0.191. The molecule has 1 aromatic carbocycles. The van der Waals surface area contributed by atoms with Crippen LogP contribution in [0.5, 0.6) is 0 Å². The van der Waals surface area contributed by atoms with Crippen molar-refractivity contribution in [2.75, 3.05) is 7.05 Å². The summed E-state index contributed by atoms with van der Waals surface area (Å²) in [5.74, 6) is -0.191. The summed E-state index contributed by atoms with van der Waals surface area (Å²) in [4.78, 5) is 25.6. The van der Waals surface area contributed by atoms with Crippen LogP contribution in [0, 0.1) is 0 Å². The predicted molar refractivity (Wildman–Crippen MR) is 81.0 cm³/mol. The smallest absolute Gasteiger partial charge is 0.274 e. The average Bonchev–Trinajstić information content (AvgIpc) is 2.50. The summed E-state index contributed by atoms with van der Waals surface area (Å²) in [7, 11) is 1.73. The Morgan fingerprint density at radius 2 is 1.90 bits per heavy atom. The highest BCUT2D eigenvalue weighted by Crippen LogP contribution is 2.06. The molecule has 1 aromatic heterocycles. The van der Waals surface area contributed by atoms with Gasteiger partial charge in [-0.05, 0) is 18.1 Å². The van der Waals surface area contributed by atoms with E-state index < -0.39 is 0 Å². The van der Waals surface area contributed by atoms with Crippen molar-refractivity contribution in [3.63, 3.8) is 0 Å². The third-order valence-electron chi connectivity index (χ3n) is 3.13. The van der Waals surface area contributed by atoms with Crippen LogP contribution < -0.4 is 5.56 Å². The largest absolute Gasteiger partial charge is 0.336 e. The van der Waals surface area contributed by atoms with Gasteiger partial charge < -0.3 is 4.90 Å². The number of nitrogens with zero attached hydrogens (tertiary/aromatic N) is 3. The highest BCUT2D eigenvalue weighted by molar-refractivity contribution is 5.91. The molecule has 0 spiro atoms. The van der Waals surface area contributed by atoms with Crippen LogP contribution in [0.2, 0.25) is 0 Å². The van der Waals surface area contributed by atoms with E-state index >= 15 is 0 Å². The van der Waals surface area contributed by atoms with Crippen LogP contribution in [0.3, 0.4) is 0 Å². The second kappa shape index (κ2) is 6.83. The second-order valence-electron chi connectivity index (χ2n) is 4.93. The van der Waals surface area contributed by atoms with Crippen LogP contribution in [0.15, 0.2) is 47.3 Å². The summed E-state index contributed by atoms with van der Waals surface area (Å²) in [6.45, 7) is 2.99. The fourth-order valence-corrected chi connectivity index (χ4v) is 2.06. The molecular formula is C16H19N3O2. The van der Waals surface area contributed by atoms with Crippen molar-refractivity contribution in [3.8, 4) is 0 Å². The molecule has 0 aliphatic heterocycles. The van der Waals surface area contributed by atoms with Gasteiger partial charge in [-0.15, -0.1) is 0 Å². The van der Waals surface area contributed by atoms with Crippen molar-refractivity contribution in [2.24, 2.45) is 0 Å². The van der Waals surface area contributed by atoms with Gasteiger partial charge in [-0.25, -0.2) is 4.68 Å². The number of carbonyl (C=O) groups is 1. The molecule has 2 aromatic rings. The molecule has 5 heteroatoms. The first-order valence-electron chi connectivity index (χ1n) is 6.99. The number of rotatable bonds is 5. The predicted octanol–water partition coefficient (Wildman–Crippen LogP) is 1.93. The lowest BCUT2D eigenvalue weighted by atomic mass is 10.2. The molecule has 110 valence electrons. The minimum Gasteiger partial charge on any atom is -0.336 e. The Bertz CT molecular complexity index is 665. The third kappa shape index (κ3) is 3.78. The maximum absolute atomic E-state index is 12.4. The topological polar surface area (TPSA) is 55.2 Å². The number of hydrogen-bond acceptors (Lipinski definition) is 3. The SMILES string of the molecule is CCCn1nc(C(=O)N(C)Cc2ccccc2)ccc1=O. The van der Waals surface area contributed by atoms with Gasteiger partial charge in [-0.1, -0.05) is 37.3 Å². The van der Waals surface area contributed by atoms with Gasteiger partial charge in [0.2, 0.25) is 0 Å². The standard InChI is InChI=1S/C16H19N3O2/c1-3-11-19-15(20)10-9-14(17-19)16(21)18(2)12-13-7-5-4-6-8-13/h4-10H,3,11-12H2,1-2H3. The van der Waals surface area contributed by atoms with E-state index in [1.165, 1.54) is 16.8 Å². The van der Waals surface area contributed by atoms with E-state index in [1.54, 1.807) is 11.9 Å². The first-order chi connectivity index (χ1) is 10.1. The summed E-state index contributed by atoms with van der Waals surface area (Å²) >= 11 is 0. The summed E-state index contributed by atoms with van der Waals surface area (Å²) in [5, 5.41) is 4.14. The van der Waals surface area contributed by atoms with E-state index in [2.05, 4.69) is 5.10 Å². The third-order valence-corrected chi connectivity index (χ3v) is 3.13. The Hall–Kier alpha value is -2.43. The zero-order valence-electron chi connectivity index (χ0n) is 12.3. The lowest BCUT2D eigenvalue weighted by molar-refractivity contribution is 0.0776. The Balaban J connectivity index is 2.15. The minimum absolute atomic E-state index is 0.181. The fraction of sp³-hybridized carbons (Fsp3) is 0.312. The number of amides is 1. The molecule has 0 bridgehead atoms. The van der Waals surface area contributed by atoms with Crippen molar-refractivity contribution in [3.05, 3.63) is 64.1 Å². The first-order valence-corrected chi connectivity index (χ1v) is 6.99. The maximum Gasteiger partial charge on any atom is 0.274 e. The monoisotopic (exact) mass is 285 g/mol. The number of benzene rings is 1. The van der Waals surface area contributed by atoms with E-state index in [1.807, 2.05) is 37.3 Å². The van der Waals surface area contributed by atoms with Gasteiger partial charge in [0, 0.05) is 26.2 Å². The molecule has 0 fully saturated rings. The molecule has 0 aliphatic rings. The van der Waals surface area contributed by atoms with Gasteiger partial charge in [-0.3, -0.25) is 9.59 Å². The summed E-state index contributed by atoms with van der Waals surface area (Å²) in [6, 6.07) is 12.6. The number of carbonyl (C=O) groups excluding carboxylic acids is 1. The Kier molecular flexibility index (Phi) is 4.87. The van der Waals surface area contributed by atoms with E-state index in [0.717, 1.165) is 12.0 Å². The van der Waals surface area contributed by atoms with Gasteiger partial charge in [-0.2, -0.15) is 5.10 Å². The van der Waals surface area contributed by atoms with Crippen LogP contribution >= 0.6 is 0 Å². The summed E-state index contributed by atoms with van der Waals surface area (Å²) in [5.41, 5.74) is 1.16. The van der Waals surface area contributed by atoms with Crippen molar-refractivity contribution in [1.82, 2.24) is 14.7 Å². The Labute approximate surface area is 123 Å². The molecule has 1 amide bonds. The van der Waals surface area contributed by atoms with Crippen LogP contribution in [-0.2, 0) is 13.1 Å². The quantitative estimate of drug-likeness (QED) is 0.843. The second-order valence-corrected chi connectivity index (χ2v) is 4.93. The average molecular weight is 285 g/mol. The maximum atomic E-state index is 12.4. The first kappa shape index (κ1) is 15.0. The van der Waals surface area contributed by atoms with Crippen molar-refractivity contribution < 1.29 is 4.79 Å². The summed E-state index contributed by atoms with van der Waals surface area (Å²) < 4.78 is 1.34. The molecule has 21 heavy (non-hydrogen) atoms.